The molecule has 3 saturated heterocycles. The van der Waals surface area contributed by atoms with Crippen molar-refractivity contribution in [3.63, 3.8) is 0 Å². The van der Waals surface area contributed by atoms with E-state index in [1.165, 1.54) is 0 Å². The molecular formula is C58H80N12O9S2. The van der Waals surface area contributed by atoms with E-state index in [0.29, 0.717) is 70.1 Å². The third-order valence-corrected chi connectivity index (χ3v) is 17.1. The van der Waals surface area contributed by atoms with E-state index in [1.54, 1.807) is 62.6 Å². The second kappa shape index (κ2) is 27.3. The number of thiazole rings is 1. The zero-order chi connectivity index (χ0) is 57.9. The van der Waals surface area contributed by atoms with Crippen LogP contribution in [0.15, 0.2) is 89.4 Å². The van der Waals surface area contributed by atoms with Gasteiger partial charge in [-0.2, -0.15) is 4.98 Å². The fraction of sp³-hybridized carbons (Fsp3) is 0.517. The third kappa shape index (κ3) is 16.8. The summed E-state index contributed by atoms with van der Waals surface area (Å²) < 4.78 is 46.2. The van der Waals surface area contributed by atoms with Crippen molar-refractivity contribution in [1.29, 1.82) is 0 Å². The number of anilines is 5. The number of hydrogen-bond donors (Lipinski definition) is 7. The number of amides is 3. The Bertz CT molecular complexity index is 3020. The third-order valence-electron chi connectivity index (χ3n) is 14.4. The number of benzene rings is 3. The van der Waals surface area contributed by atoms with Crippen molar-refractivity contribution in [2.45, 2.75) is 115 Å². The fourth-order valence-electron chi connectivity index (χ4n) is 10.4. The fourth-order valence-corrected chi connectivity index (χ4v) is 12.7. The number of rotatable bonds is 13. The van der Waals surface area contributed by atoms with Crippen molar-refractivity contribution >= 4 is 67.9 Å². The maximum Gasteiger partial charge on any atom is 0.241 e. The van der Waals surface area contributed by atoms with E-state index in [1.807, 2.05) is 93.6 Å². The number of hydrogen-bond acceptors (Lipinski definition) is 18. The highest BCUT2D eigenvalue weighted by Crippen LogP contribution is 2.35. The average Bonchev–Trinajstić information content (AvgIpc) is 4.17. The van der Waals surface area contributed by atoms with Crippen molar-refractivity contribution in [2.75, 3.05) is 94.4 Å². The molecule has 3 aliphatic rings. The van der Waals surface area contributed by atoms with Crippen LogP contribution in [0.4, 0.5) is 28.8 Å². The molecule has 5 aromatic rings. The standard InChI is InChI=1S/C58H80N12O9S2/c1-38-34-61-56(66-53(38)63-43-10-9-11-46(32-43)81(75,76)67-58(6,7)8)64-42-16-18-44(19-17-42)68-22-24-69(25-23-68)50-49(52(57(3,4)5)65-48(72)20-26-77-28-30-79-31-29-78-27-21-59-55(50)74)70-36-45(71)33-47(70)54(73)60-35-40-12-14-41(15-13-40)51-39(2)62-37-80-51/h9-19,32,34,37,45,47,49-50,52,67,71H,20-31,33,35-36H2,1-8H3,(H,59,74)(H,60,73)(H,65,72)(H2,61,63,64,66)/t45-,47+,49?,50?,52?/m1/s1. The summed E-state index contributed by atoms with van der Waals surface area (Å²) in [7, 11) is -3.76. The predicted molar refractivity (Wildman–Crippen MR) is 314 cm³/mol. The molecule has 8 rings (SSSR count). The first-order chi connectivity index (χ1) is 38.6. The minimum atomic E-state index is -3.76. The van der Waals surface area contributed by atoms with Gasteiger partial charge in [-0.05, 0) is 100 Å². The lowest BCUT2D eigenvalue weighted by Crippen LogP contribution is -2.71. The predicted octanol–water partition coefficient (Wildman–Crippen LogP) is 5.49. The molecular weight excluding hydrogens is 1070 g/mol. The number of β-amino-alcohol motifs (C(OH)–C–C–N with tert-alkyl or cyclic N) is 1. The molecule has 5 atom stereocenters. The van der Waals surface area contributed by atoms with Crippen LogP contribution in [-0.4, -0.2) is 171 Å². The molecule has 5 heterocycles. The quantitative estimate of drug-likeness (QED) is 0.0769. The lowest BCUT2D eigenvalue weighted by atomic mass is 9.77. The summed E-state index contributed by atoms with van der Waals surface area (Å²) >= 11 is 1.58. The van der Waals surface area contributed by atoms with E-state index in [2.05, 4.69) is 51.1 Å². The van der Waals surface area contributed by atoms with Gasteiger partial charge in [0, 0.05) is 86.6 Å². The minimum absolute atomic E-state index is 0.0671. The number of likely N-dealkylation sites (tertiary alicyclic amines) is 1. The lowest BCUT2D eigenvalue weighted by Gasteiger charge is -2.50. The Hall–Kier alpha value is -6.15. The van der Waals surface area contributed by atoms with Crippen LogP contribution < -0.4 is 36.2 Å². The Morgan fingerprint density at radius 3 is 2.20 bits per heavy atom. The van der Waals surface area contributed by atoms with Crippen LogP contribution in [0, 0.1) is 19.3 Å². The molecule has 21 nitrogen and oxygen atoms in total. The number of nitrogens with zero attached hydrogens (tertiary/aromatic N) is 6. The highest BCUT2D eigenvalue weighted by Gasteiger charge is 2.52. The summed E-state index contributed by atoms with van der Waals surface area (Å²) in [6.07, 6.45) is 1.02. The number of aliphatic hydroxyl groups excluding tert-OH is 1. The van der Waals surface area contributed by atoms with E-state index < -0.39 is 51.2 Å². The summed E-state index contributed by atoms with van der Waals surface area (Å²) in [5.74, 6) is 0.0305. The van der Waals surface area contributed by atoms with Crippen LogP contribution in [0.5, 0.6) is 0 Å². The van der Waals surface area contributed by atoms with Gasteiger partial charge in [0.2, 0.25) is 33.7 Å². The van der Waals surface area contributed by atoms with Crippen LogP contribution in [0.1, 0.15) is 71.2 Å². The molecule has 0 bridgehead atoms. The smallest absolute Gasteiger partial charge is 0.241 e. The van der Waals surface area contributed by atoms with Gasteiger partial charge in [0.15, 0.2) is 0 Å². The van der Waals surface area contributed by atoms with Gasteiger partial charge in [-0.1, -0.05) is 51.1 Å². The SMILES string of the molecule is Cc1cnc(Nc2ccc(N3CCN(C4C(=O)NCCOCCOCCOCCC(=O)NC(C(C)(C)C)C4N4C[C@H](O)C[C@H]4C(=O)NCc4ccc(-c5scnc5C)cc4)CC3)cc2)nc1Nc1cccc(S(=O)(=O)NC(C)(C)C)c1. The summed E-state index contributed by atoms with van der Waals surface area (Å²) in [6, 6.07) is 19.3. The van der Waals surface area contributed by atoms with Crippen LogP contribution in [0.3, 0.4) is 0 Å². The van der Waals surface area contributed by atoms with E-state index >= 15 is 4.79 Å². The molecule has 0 aliphatic carbocycles. The van der Waals surface area contributed by atoms with Gasteiger partial charge in [-0.3, -0.25) is 24.2 Å². The number of aliphatic hydroxyl groups is 1. The number of aromatic nitrogens is 3. The van der Waals surface area contributed by atoms with Gasteiger partial charge >= 0.3 is 0 Å². The first kappa shape index (κ1) is 60.9. The first-order valence-corrected chi connectivity index (χ1v) is 30.1. The Balaban J connectivity index is 1.01. The maximum atomic E-state index is 15.2. The first-order valence-electron chi connectivity index (χ1n) is 27.7. The number of nitrogens with one attached hydrogen (secondary N) is 6. The highest BCUT2D eigenvalue weighted by molar-refractivity contribution is 7.89. The number of ether oxygens (including phenoxy) is 3. The van der Waals surface area contributed by atoms with Crippen LogP contribution in [0.25, 0.3) is 10.4 Å². The zero-order valence-electron chi connectivity index (χ0n) is 47.8. The van der Waals surface area contributed by atoms with Crippen LogP contribution >= 0.6 is 11.3 Å². The largest absolute Gasteiger partial charge is 0.392 e. The van der Waals surface area contributed by atoms with Crippen molar-refractivity contribution in [1.82, 2.24) is 45.4 Å². The van der Waals surface area contributed by atoms with Crippen molar-refractivity contribution < 1.29 is 42.1 Å². The summed E-state index contributed by atoms with van der Waals surface area (Å²) in [6.45, 7) is 19.6. The molecule has 3 aliphatic heterocycles. The van der Waals surface area contributed by atoms with Gasteiger partial charge in [-0.15, -0.1) is 11.3 Å². The Morgan fingerprint density at radius 1 is 0.840 bits per heavy atom. The molecule has 0 saturated carbocycles. The number of carbonyl (C=O) groups is 3. The van der Waals surface area contributed by atoms with Gasteiger partial charge < -0.3 is 50.8 Å². The molecule has 3 amide bonds. The second-order valence-electron chi connectivity index (χ2n) is 22.9. The summed E-state index contributed by atoms with van der Waals surface area (Å²) in [5.41, 5.74) is 6.46. The Kier molecular flexibility index (Phi) is 20.5. The molecule has 3 unspecified atom stereocenters. The minimum Gasteiger partial charge on any atom is -0.392 e. The molecule has 7 N–H and O–H groups in total. The average molecular weight is 1150 g/mol. The summed E-state index contributed by atoms with van der Waals surface area (Å²) in [5, 5.41) is 27.7. The van der Waals surface area contributed by atoms with E-state index in [-0.39, 0.29) is 68.3 Å². The number of aryl methyl sites for hydroxylation is 2. The number of carbonyl (C=O) groups excluding carboxylic acids is 3. The topological polar surface area (TPSA) is 254 Å². The summed E-state index contributed by atoms with van der Waals surface area (Å²) in [4.78, 5) is 65.1. The Labute approximate surface area is 480 Å². The van der Waals surface area contributed by atoms with E-state index in [0.717, 1.165) is 38.6 Å². The molecule has 0 radical (unpaired) electrons. The van der Waals surface area contributed by atoms with Gasteiger partial charge in [0.1, 0.15) is 11.9 Å². The van der Waals surface area contributed by atoms with Crippen molar-refractivity contribution in [3.05, 3.63) is 101 Å². The molecule has 2 aromatic heterocycles. The van der Waals surface area contributed by atoms with Crippen LogP contribution in [-0.2, 0) is 45.2 Å². The molecule has 0 spiro atoms. The monoisotopic (exact) mass is 1150 g/mol. The van der Waals surface area contributed by atoms with Gasteiger partial charge in [0.05, 0.1) is 84.8 Å². The normalized spacial score (nSPS) is 22.0. The Morgan fingerprint density at radius 2 is 1.53 bits per heavy atom. The van der Waals surface area contributed by atoms with E-state index in [9.17, 15) is 23.1 Å². The highest BCUT2D eigenvalue weighted by atomic mass is 32.2. The zero-order valence-corrected chi connectivity index (χ0v) is 49.4. The number of sulfonamides is 1. The lowest BCUT2D eigenvalue weighted by molar-refractivity contribution is -0.137. The second-order valence-corrected chi connectivity index (χ2v) is 25.5. The van der Waals surface area contributed by atoms with Crippen LogP contribution in [0.2, 0.25) is 0 Å². The molecule has 438 valence electrons. The maximum absolute atomic E-state index is 15.2. The van der Waals surface area contributed by atoms with Crippen molar-refractivity contribution in [3.8, 4) is 10.4 Å². The van der Waals surface area contributed by atoms with Crippen molar-refractivity contribution in [2.24, 2.45) is 5.41 Å². The molecule has 81 heavy (non-hydrogen) atoms. The molecule has 3 aromatic carbocycles. The molecule has 23 heteroatoms. The van der Waals surface area contributed by atoms with Gasteiger partial charge in [0.25, 0.3) is 0 Å². The number of piperazine rings is 1. The van der Waals surface area contributed by atoms with E-state index in [4.69, 9.17) is 19.2 Å². The molecule has 3 fully saturated rings. The van der Waals surface area contributed by atoms with Gasteiger partial charge in [-0.25, -0.2) is 23.1 Å².